The first-order chi connectivity index (χ1) is 15.8. The average molecular weight is 488 g/mol. The molecule has 0 spiro atoms. The third kappa shape index (κ3) is 6.65. The Kier molecular flexibility index (Phi) is 7.80. The van der Waals surface area contributed by atoms with Gasteiger partial charge in [0.1, 0.15) is 5.75 Å². The molecule has 0 heterocycles. The van der Waals surface area contributed by atoms with Crippen molar-refractivity contribution in [3.8, 4) is 5.75 Å². The van der Waals surface area contributed by atoms with Crippen LogP contribution in [-0.4, -0.2) is 23.6 Å². The summed E-state index contributed by atoms with van der Waals surface area (Å²) in [4.78, 5) is 12.3. The molecule has 0 atom stereocenters. The predicted molar refractivity (Wildman–Crippen MR) is 114 cm³/mol. The molecule has 10 heteroatoms. The van der Waals surface area contributed by atoms with Crippen LogP contribution in [0.3, 0.4) is 0 Å². The minimum absolute atomic E-state index is 0.00154. The van der Waals surface area contributed by atoms with Gasteiger partial charge in [0.2, 0.25) is 0 Å². The molecule has 34 heavy (non-hydrogen) atoms. The van der Waals surface area contributed by atoms with Crippen LogP contribution in [0.5, 0.6) is 5.75 Å². The Bertz CT molecular complexity index is 979. The van der Waals surface area contributed by atoms with Crippen molar-refractivity contribution in [2.24, 2.45) is 5.92 Å². The fourth-order valence-corrected chi connectivity index (χ4v) is 4.11. The number of hydrogen-bond donors (Lipinski definition) is 3. The molecule has 0 bridgehead atoms. The Morgan fingerprint density at radius 1 is 0.971 bits per heavy atom. The van der Waals surface area contributed by atoms with E-state index in [0.29, 0.717) is 18.7 Å². The average Bonchev–Trinajstić information content (AvgIpc) is 2.77. The van der Waals surface area contributed by atoms with E-state index in [1.54, 1.807) is 0 Å². The van der Waals surface area contributed by atoms with Crippen molar-refractivity contribution in [2.75, 3.05) is 6.54 Å². The van der Waals surface area contributed by atoms with Crippen LogP contribution in [0, 0.1) is 12.8 Å². The monoisotopic (exact) mass is 488 g/mol. The Labute approximate surface area is 193 Å². The van der Waals surface area contributed by atoms with Gasteiger partial charge in [-0.3, -0.25) is 4.79 Å². The van der Waals surface area contributed by atoms with Crippen molar-refractivity contribution in [3.63, 3.8) is 0 Å². The lowest BCUT2D eigenvalue weighted by atomic mass is 9.86. The first-order valence-electron chi connectivity index (χ1n) is 10.9. The van der Waals surface area contributed by atoms with Gasteiger partial charge in [0, 0.05) is 30.3 Å². The van der Waals surface area contributed by atoms with Crippen LogP contribution < -0.4 is 10.6 Å². The first kappa shape index (κ1) is 25.9. The molecule has 2 aromatic rings. The van der Waals surface area contributed by atoms with Crippen molar-refractivity contribution in [1.82, 2.24) is 10.6 Å². The van der Waals surface area contributed by atoms with Gasteiger partial charge < -0.3 is 15.7 Å². The van der Waals surface area contributed by atoms with Crippen molar-refractivity contribution in [3.05, 3.63) is 64.2 Å². The first-order valence-corrected chi connectivity index (χ1v) is 10.9. The van der Waals surface area contributed by atoms with Crippen LogP contribution in [0.1, 0.15) is 58.3 Å². The lowest BCUT2D eigenvalue weighted by molar-refractivity contribution is -0.143. The number of hydrogen-bond acceptors (Lipinski definition) is 3. The standard InChI is InChI=1S/C24H26F6N2O2/c1-14-3-2-4-16(21(14)33)13-31-20-7-5-15(6-8-20)12-32-22(34)17-9-18(23(25,26)27)11-19(10-17)24(28,29)30/h2-4,9-11,15,20,31,33H,5-8,12-13H2,1H3,(H,32,34). The molecule has 0 radical (unpaired) electrons. The molecule has 0 aromatic heterocycles. The number of halogens is 6. The molecule has 4 nitrogen and oxygen atoms in total. The normalized spacial score (nSPS) is 19.1. The Hall–Kier alpha value is -2.75. The predicted octanol–water partition coefficient (Wildman–Crippen LogP) is 5.82. The molecule has 0 saturated heterocycles. The maximum Gasteiger partial charge on any atom is 0.416 e. The topological polar surface area (TPSA) is 61.4 Å². The van der Waals surface area contributed by atoms with E-state index in [9.17, 15) is 36.2 Å². The van der Waals surface area contributed by atoms with Crippen LogP contribution >= 0.6 is 0 Å². The lowest BCUT2D eigenvalue weighted by Crippen LogP contribution is -2.36. The summed E-state index contributed by atoms with van der Waals surface area (Å²) in [6.07, 6.45) is -6.92. The number of nitrogens with one attached hydrogen (secondary N) is 2. The van der Waals surface area contributed by atoms with Crippen molar-refractivity contribution in [1.29, 1.82) is 0 Å². The number of benzene rings is 2. The Balaban J connectivity index is 1.53. The largest absolute Gasteiger partial charge is 0.507 e. The number of aryl methyl sites for hydroxylation is 1. The minimum atomic E-state index is -5.00. The van der Waals surface area contributed by atoms with Gasteiger partial charge in [-0.1, -0.05) is 18.2 Å². The molecule has 1 aliphatic carbocycles. The lowest BCUT2D eigenvalue weighted by Gasteiger charge is -2.29. The summed E-state index contributed by atoms with van der Waals surface area (Å²) in [7, 11) is 0. The van der Waals surface area contributed by atoms with Crippen molar-refractivity contribution >= 4 is 5.91 Å². The van der Waals surface area contributed by atoms with Crippen molar-refractivity contribution in [2.45, 2.75) is 57.5 Å². The summed E-state index contributed by atoms with van der Waals surface area (Å²) in [5.74, 6) is -0.635. The van der Waals surface area contributed by atoms with Gasteiger partial charge in [-0.2, -0.15) is 26.3 Å². The fourth-order valence-electron chi connectivity index (χ4n) is 4.11. The van der Waals surface area contributed by atoms with Crippen LogP contribution in [0.15, 0.2) is 36.4 Å². The maximum absolute atomic E-state index is 13.0. The van der Waals surface area contributed by atoms with Crippen LogP contribution in [-0.2, 0) is 18.9 Å². The molecule has 1 saturated carbocycles. The van der Waals surface area contributed by atoms with Crippen LogP contribution in [0.25, 0.3) is 0 Å². The van der Waals surface area contributed by atoms with Gasteiger partial charge >= 0.3 is 12.4 Å². The number of rotatable bonds is 6. The highest BCUT2D eigenvalue weighted by molar-refractivity contribution is 5.94. The number of aromatic hydroxyl groups is 1. The second-order valence-corrected chi connectivity index (χ2v) is 8.69. The molecule has 1 amide bonds. The summed E-state index contributed by atoms with van der Waals surface area (Å²) in [6, 6.07) is 6.62. The van der Waals surface area contributed by atoms with Gasteiger partial charge in [-0.25, -0.2) is 0 Å². The second-order valence-electron chi connectivity index (χ2n) is 8.69. The smallest absolute Gasteiger partial charge is 0.416 e. The number of para-hydroxylation sites is 1. The van der Waals surface area contributed by atoms with Crippen LogP contribution in [0.2, 0.25) is 0 Å². The molecule has 3 N–H and O–H groups in total. The summed E-state index contributed by atoms with van der Waals surface area (Å²) in [6.45, 7) is 2.50. The zero-order valence-corrected chi connectivity index (χ0v) is 18.5. The fraction of sp³-hybridized carbons (Fsp3) is 0.458. The highest BCUT2D eigenvalue weighted by atomic mass is 19.4. The summed E-state index contributed by atoms with van der Waals surface area (Å²) < 4.78 is 78.0. The third-order valence-electron chi connectivity index (χ3n) is 6.15. The van der Waals surface area contributed by atoms with E-state index in [1.165, 1.54) is 0 Å². The quantitative estimate of drug-likeness (QED) is 0.450. The van der Waals surface area contributed by atoms with E-state index < -0.39 is 35.0 Å². The van der Waals surface area contributed by atoms with E-state index in [-0.39, 0.29) is 30.3 Å². The van der Waals surface area contributed by atoms with E-state index in [4.69, 9.17) is 0 Å². The summed E-state index contributed by atoms with van der Waals surface area (Å²) >= 11 is 0. The van der Waals surface area contributed by atoms with E-state index >= 15 is 0 Å². The van der Waals surface area contributed by atoms with Crippen molar-refractivity contribution < 1.29 is 36.2 Å². The molecule has 3 rings (SSSR count). The van der Waals surface area contributed by atoms with E-state index in [0.717, 1.165) is 36.8 Å². The highest BCUT2D eigenvalue weighted by Crippen LogP contribution is 2.36. The van der Waals surface area contributed by atoms with E-state index in [2.05, 4.69) is 10.6 Å². The number of amides is 1. The molecular weight excluding hydrogens is 462 g/mol. The number of phenolic OH excluding ortho intramolecular Hbond substituents is 1. The molecule has 0 unspecified atom stereocenters. The minimum Gasteiger partial charge on any atom is -0.507 e. The summed E-state index contributed by atoms with van der Waals surface area (Å²) in [5, 5.41) is 16.0. The number of carbonyl (C=O) groups excluding carboxylic acids is 1. The summed E-state index contributed by atoms with van der Waals surface area (Å²) in [5.41, 5.74) is -2.11. The molecule has 186 valence electrons. The Morgan fingerprint density at radius 2 is 1.56 bits per heavy atom. The zero-order chi connectivity index (χ0) is 25.1. The molecule has 1 fully saturated rings. The van der Waals surface area contributed by atoms with Gasteiger partial charge in [-0.15, -0.1) is 0 Å². The van der Waals surface area contributed by atoms with Crippen LogP contribution in [0.4, 0.5) is 26.3 Å². The molecule has 0 aliphatic heterocycles. The van der Waals surface area contributed by atoms with Gasteiger partial charge in [0.15, 0.2) is 0 Å². The number of alkyl halides is 6. The third-order valence-corrected chi connectivity index (χ3v) is 6.15. The number of phenols is 1. The Morgan fingerprint density at radius 3 is 2.12 bits per heavy atom. The van der Waals surface area contributed by atoms with Gasteiger partial charge in [0.05, 0.1) is 11.1 Å². The molecule has 1 aliphatic rings. The maximum atomic E-state index is 13.0. The SMILES string of the molecule is Cc1cccc(CNC2CCC(CNC(=O)c3cc(C(F)(F)F)cc(C(F)(F)F)c3)CC2)c1O. The van der Waals surface area contributed by atoms with Gasteiger partial charge in [0.25, 0.3) is 5.91 Å². The van der Waals surface area contributed by atoms with E-state index in [1.807, 2.05) is 25.1 Å². The van der Waals surface area contributed by atoms with Gasteiger partial charge in [-0.05, 0) is 62.3 Å². The molecule has 2 aromatic carbocycles. The number of carbonyl (C=O) groups is 1. The highest BCUT2D eigenvalue weighted by Gasteiger charge is 2.37. The second kappa shape index (κ2) is 10.2. The zero-order valence-electron chi connectivity index (χ0n) is 18.5. The molecular formula is C24H26F6N2O2.